The van der Waals surface area contributed by atoms with Crippen molar-refractivity contribution in [1.29, 1.82) is 0 Å². The van der Waals surface area contributed by atoms with Crippen molar-refractivity contribution in [3.8, 4) is 0 Å². The molecule has 0 amide bonds. The molecule has 1 aromatic carbocycles. The number of nitrogens with zero attached hydrogens (tertiary/aromatic N) is 1. The molecule has 3 nitrogen and oxygen atoms in total. The third-order valence-electron chi connectivity index (χ3n) is 2.46. The minimum absolute atomic E-state index is 0.188. The second-order valence-corrected chi connectivity index (χ2v) is 4.23. The Morgan fingerprint density at radius 3 is 2.88 bits per heavy atom. The molecule has 0 spiro atoms. The first-order valence-electron chi connectivity index (χ1n) is 4.82. The molecule has 1 heterocycles. The first-order valence-corrected chi connectivity index (χ1v) is 5.77. The van der Waals surface area contributed by atoms with Gasteiger partial charge in [-0.15, -0.1) is 11.3 Å². The lowest BCUT2D eigenvalue weighted by atomic mass is 10.00. The lowest BCUT2D eigenvalue weighted by Gasteiger charge is -2.16. The number of aromatic nitrogens is 1. The lowest BCUT2D eigenvalue weighted by Crippen LogP contribution is -2.29. The van der Waals surface area contributed by atoms with E-state index in [1.54, 1.807) is 11.6 Å². The summed E-state index contributed by atoms with van der Waals surface area (Å²) in [6, 6.07) is 4.46. The number of aryl methyl sites for hydroxylation is 1. The normalized spacial score (nSPS) is 12.7. The van der Waals surface area contributed by atoms with E-state index in [2.05, 4.69) is 10.4 Å². The van der Waals surface area contributed by atoms with Gasteiger partial charge >= 0.3 is 0 Å². The highest BCUT2D eigenvalue weighted by atomic mass is 32.1. The van der Waals surface area contributed by atoms with E-state index in [4.69, 9.17) is 5.84 Å². The van der Waals surface area contributed by atoms with Gasteiger partial charge in [-0.1, -0.05) is 6.07 Å². The summed E-state index contributed by atoms with van der Waals surface area (Å²) in [5.41, 5.74) is 7.10. The van der Waals surface area contributed by atoms with Crippen molar-refractivity contribution in [2.24, 2.45) is 5.84 Å². The van der Waals surface area contributed by atoms with Gasteiger partial charge in [0, 0.05) is 5.38 Å². The topological polar surface area (TPSA) is 50.9 Å². The Morgan fingerprint density at radius 1 is 1.50 bits per heavy atom. The van der Waals surface area contributed by atoms with Crippen LogP contribution in [0.5, 0.6) is 0 Å². The molecule has 0 bridgehead atoms. The molecule has 5 heteroatoms. The Hall–Kier alpha value is -1.30. The number of hydrogen-bond donors (Lipinski definition) is 2. The van der Waals surface area contributed by atoms with Crippen LogP contribution in [0, 0.1) is 12.7 Å². The van der Waals surface area contributed by atoms with Gasteiger partial charge in [0.15, 0.2) is 0 Å². The molecular formula is C11H12FN3S. The van der Waals surface area contributed by atoms with Crippen LogP contribution in [0.2, 0.25) is 0 Å². The monoisotopic (exact) mass is 237 g/mol. The average Bonchev–Trinajstić information content (AvgIpc) is 2.75. The molecule has 3 N–H and O–H groups in total. The fraction of sp³-hybridized carbons (Fsp3) is 0.182. The summed E-state index contributed by atoms with van der Waals surface area (Å²) in [5.74, 6) is 5.28. The maximum Gasteiger partial charge on any atom is 0.123 e. The van der Waals surface area contributed by atoms with E-state index in [0.29, 0.717) is 0 Å². The Labute approximate surface area is 97.1 Å². The highest BCUT2D eigenvalue weighted by molar-refractivity contribution is 7.07. The lowest BCUT2D eigenvalue weighted by molar-refractivity contribution is 0.606. The Bertz CT molecular complexity index is 470. The number of nitrogens with two attached hydrogens (primary N) is 1. The van der Waals surface area contributed by atoms with Crippen LogP contribution in [0.15, 0.2) is 29.1 Å². The summed E-state index contributed by atoms with van der Waals surface area (Å²) in [4.78, 5) is 4.21. The highest BCUT2D eigenvalue weighted by Crippen LogP contribution is 2.24. The zero-order chi connectivity index (χ0) is 11.5. The molecule has 0 aliphatic carbocycles. The molecule has 0 saturated carbocycles. The van der Waals surface area contributed by atoms with Crippen LogP contribution in [0.4, 0.5) is 4.39 Å². The third-order valence-corrected chi connectivity index (χ3v) is 3.06. The van der Waals surface area contributed by atoms with Gasteiger partial charge in [0.1, 0.15) is 5.82 Å². The van der Waals surface area contributed by atoms with Gasteiger partial charge in [-0.2, -0.15) is 0 Å². The van der Waals surface area contributed by atoms with Gasteiger partial charge in [0.2, 0.25) is 0 Å². The van der Waals surface area contributed by atoms with Crippen molar-refractivity contribution in [3.63, 3.8) is 0 Å². The van der Waals surface area contributed by atoms with E-state index in [0.717, 1.165) is 16.8 Å². The molecule has 16 heavy (non-hydrogen) atoms. The number of halogens is 1. The van der Waals surface area contributed by atoms with E-state index in [1.165, 1.54) is 23.5 Å². The summed E-state index contributed by atoms with van der Waals surface area (Å²) in [6.07, 6.45) is 0. The van der Waals surface area contributed by atoms with E-state index < -0.39 is 0 Å². The highest BCUT2D eigenvalue weighted by Gasteiger charge is 2.16. The molecule has 1 unspecified atom stereocenters. The second kappa shape index (κ2) is 4.69. The van der Waals surface area contributed by atoms with Crippen molar-refractivity contribution in [2.45, 2.75) is 13.0 Å². The predicted molar refractivity (Wildman–Crippen MR) is 62.4 cm³/mol. The number of hydrazine groups is 1. The summed E-state index contributed by atoms with van der Waals surface area (Å²) in [7, 11) is 0. The van der Waals surface area contributed by atoms with E-state index >= 15 is 0 Å². The van der Waals surface area contributed by atoms with E-state index in [1.807, 2.05) is 12.3 Å². The number of thiazole rings is 1. The average molecular weight is 237 g/mol. The van der Waals surface area contributed by atoms with Gasteiger partial charge in [-0.05, 0) is 30.2 Å². The minimum Gasteiger partial charge on any atom is -0.271 e. The van der Waals surface area contributed by atoms with Gasteiger partial charge < -0.3 is 0 Å². The number of rotatable bonds is 3. The number of nitrogens with one attached hydrogen (secondary N) is 1. The minimum atomic E-state index is -0.240. The third kappa shape index (κ3) is 2.11. The van der Waals surface area contributed by atoms with Crippen LogP contribution in [0.25, 0.3) is 0 Å². The smallest absolute Gasteiger partial charge is 0.123 e. The van der Waals surface area contributed by atoms with Crippen LogP contribution in [-0.4, -0.2) is 4.98 Å². The fourth-order valence-corrected chi connectivity index (χ4v) is 2.24. The summed E-state index contributed by atoms with van der Waals surface area (Å²) >= 11 is 1.51. The molecule has 0 aliphatic heterocycles. The number of hydrogen-bond acceptors (Lipinski definition) is 4. The molecular weight excluding hydrogens is 225 g/mol. The SMILES string of the molecule is Cc1cc(F)ccc1C(NN)c1cscn1. The summed E-state index contributed by atoms with van der Waals surface area (Å²) < 4.78 is 13.0. The molecule has 1 atom stereocenters. The van der Waals surface area contributed by atoms with E-state index in [9.17, 15) is 4.39 Å². The van der Waals surface area contributed by atoms with Crippen molar-refractivity contribution in [1.82, 2.24) is 10.4 Å². The Balaban J connectivity index is 2.41. The van der Waals surface area contributed by atoms with Gasteiger partial charge in [0.05, 0.1) is 17.2 Å². The van der Waals surface area contributed by atoms with Crippen LogP contribution in [0.3, 0.4) is 0 Å². The first kappa shape index (κ1) is 11.2. The van der Waals surface area contributed by atoms with Crippen molar-refractivity contribution >= 4 is 11.3 Å². The molecule has 1 aromatic heterocycles. The predicted octanol–water partition coefficient (Wildman–Crippen LogP) is 2.14. The van der Waals surface area contributed by atoms with Crippen molar-refractivity contribution in [3.05, 3.63) is 51.7 Å². The Kier molecular flexibility index (Phi) is 3.28. The van der Waals surface area contributed by atoms with Crippen molar-refractivity contribution in [2.75, 3.05) is 0 Å². The Morgan fingerprint density at radius 2 is 2.31 bits per heavy atom. The summed E-state index contributed by atoms with van der Waals surface area (Å²) in [6.45, 7) is 1.86. The molecule has 2 aromatic rings. The first-order chi connectivity index (χ1) is 7.72. The zero-order valence-electron chi connectivity index (χ0n) is 8.77. The maximum absolute atomic E-state index is 13.0. The summed E-state index contributed by atoms with van der Waals surface area (Å²) in [5, 5.41) is 1.92. The number of benzene rings is 1. The van der Waals surface area contributed by atoms with Crippen LogP contribution >= 0.6 is 11.3 Å². The molecule has 0 aliphatic rings. The van der Waals surface area contributed by atoms with Crippen molar-refractivity contribution < 1.29 is 4.39 Å². The maximum atomic E-state index is 13.0. The quantitative estimate of drug-likeness (QED) is 0.635. The standard InChI is InChI=1S/C11H12FN3S/c1-7-4-8(12)2-3-9(7)11(15-13)10-5-16-6-14-10/h2-6,11,15H,13H2,1H3. The molecule has 0 fully saturated rings. The molecule has 2 rings (SSSR count). The second-order valence-electron chi connectivity index (χ2n) is 3.51. The van der Waals surface area contributed by atoms with Crippen LogP contribution in [-0.2, 0) is 0 Å². The molecule has 0 radical (unpaired) electrons. The fourth-order valence-electron chi connectivity index (χ4n) is 1.66. The van der Waals surface area contributed by atoms with Crippen LogP contribution < -0.4 is 11.3 Å². The van der Waals surface area contributed by atoms with Crippen LogP contribution in [0.1, 0.15) is 22.9 Å². The molecule has 0 saturated heterocycles. The van der Waals surface area contributed by atoms with Gasteiger partial charge in [-0.25, -0.2) is 14.8 Å². The van der Waals surface area contributed by atoms with E-state index in [-0.39, 0.29) is 11.9 Å². The zero-order valence-corrected chi connectivity index (χ0v) is 9.59. The van der Waals surface area contributed by atoms with Gasteiger partial charge in [0.25, 0.3) is 0 Å². The molecule has 84 valence electrons. The van der Waals surface area contributed by atoms with Gasteiger partial charge in [-0.3, -0.25) is 5.84 Å². The largest absolute Gasteiger partial charge is 0.271 e.